The quantitative estimate of drug-likeness (QED) is 0.404. The van der Waals surface area contributed by atoms with Crippen LogP contribution in [0.5, 0.6) is 11.5 Å². The van der Waals surface area contributed by atoms with Crippen LogP contribution in [0.1, 0.15) is 15.2 Å². The zero-order valence-corrected chi connectivity index (χ0v) is 18.3. The number of aryl methyl sites for hydroxylation is 1. The standard InChI is InChI=1S/C25H22N2O3S/c1-16-23(27-25(31-16)18-7-5-4-6-8-18)17-9-12-20(13-10-17)26-24(28)19-11-14-21(29-2)22(15-19)30-3/h4-15H,1-3H3,(H,26,28). The largest absolute Gasteiger partial charge is 0.493 e. The molecule has 1 amide bonds. The lowest BCUT2D eigenvalue weighted by molar-refractivity contribution is 0.102. The summed E-state index contributed by atoms with van der Waals surface area (Å²) in [6.45, 7) is 2.08. The van der Waals surface area contributed by atoms with Crippen molar-refractivity contribution in [1.29, 1.82) is 0 Å². The van der Waals surface area contributed by atoms with Crippen LogP contribution in [0, 0.1) is 6.92 Å². The zero-order valence-electron chi connectivity index (χ0n) is 17.5. The Bertz CT molecular complexity index is 1200. The maximum Gasteiger partial charge on any atom is 0.255 e. The number of ether oxygens (including phenoxy) is 2. The molecule has 0 bridgehead atoms. The summed E-state index contributed by atoms with van der Waals surface area (Å²) in [7, 11) is 3.11. The minimum Gasteiger partial charge on any atom is -0.493 e. The third kappa shape index (κ3) is 4.44. The second-order valence-corrected chi connectivity index (χ2v) is 8.09. The molecular formula is C25H22N2O3S. The van der Waals surface area contributed by atoms with Crippen molar-refractivity contribution in [3.05, 3.63) is 83.2 Å². The summed E-state index contributed by atoms with van der Waals surface area (Å²) >= 11 is 1.68. The highest BCUT2D eigenvalue weighted by atomic mass is 32.1. The van der Waals surface area contributed by atoms with Crippen molar-refractivity contribution in [2.24, 2.45) is 0 Å². The minimum atomic E-state index is -0.218. The number of methoxy groups -OCH3 is 2. The lowest BCUT2D eigenvalue weighted by Crippen LogP contribution is -2.12. The molecule has 156 valence electrons. The van der Waals surface area contributed by atoms with Gasteiger partial charge in [0.1, 0.15) is 5.01 Å². The van der Waals surface area contributed by atoms with Crippen LogP contribution in [0.25, 0.3) is 21.8 Å². The van der Waals surface area contributed by atoms with Gasteiger partial charge in [-0.2, -0.15) is 0 Å². The molecule has 4 aromatic rings. The molecule has 0 fully saturated rings. The fourth-order valence-electron chi connectivity index (χ4n) is 3.26. The highest BCUT2D eigenvalue weighted by Crippen LogP contribution is 2.33. The number of nitrogens with one attached hydrogen (secondary N) is 1. The molecule has 0 radical (unpaired) electrons. The summed E-state index contributed by atoms with van der Waals surface area (Å²) in [6, 6.07) is 23.0. The van der Waals surface area contributed by atoms with Crippen molar-refractivity contribution in [3.63, 3.8) is 0 Å². The number of anilines is 1. The normalized spacial score (nSPS) is 10.5. The van der Waals surface area contributed by atoms with Gasteiger partial charge in [-0.3, -0.25) is 4.79 Å². The number of hydrogen-bond acceptors (Lipinski definition) is 5. The summed E-state index contributed by atoms with van der Waals surface area (Å²) in [4.78, 5) is 18.6. The van der Waals surface area contributed by atoms with Crippen molar-refractivity contribution in [2.45, 2.75) is 6.92 Å². The van der Waals surface area contributed by atoms with Gasteiger partial charge in [0.15, 0.2) is 11.5 Å². The van der Waals surface area contributed by atoms with Gasteiger partial charge in [-0.05, 0) is 37.3 Å². The highest BCUT2D eigenvalue weighted by molar-refractivity contribution is 7.15. The molecule has 6 heteroatoms. The van der Waals surface area contributed by atoms with Crippen molar-refractivity contribution >= 4 is 22.9 Å². The summed E-state index contributed by atoms with van der Waals surface area (Å²) in [5.74, 6) is 0.875. The molecule has 0 spiro atoms. The lowest BCUT2D eigenvalue weighted by atomic mass is 10.1. The van der Waals surface area contributed by atoms with Gasteiger partial charge in [-0.15, -0.1) is 11.3 Å². The van der Waals surface area contributed by atoms with Gasteiger partial charge in [0.05, 0.1) is 19.9 Å². The van der Waals surface area contributed by atoms with Crippen LogP contribution >= 0.6 is 11.3 Å². The van der Waals surface area contributed by atoms with E-state index >= 15 is 0 Å². The number of aromatic nitrogens is 1. The molecule has 1 aromatic heterocycles. The average molecular weight is 431 g/mol. The molecule has 0 atom stereocenters. The van der Waals surface area contributed by atoms with Crippen molar-refractivity contribution < 1.29 is 14.3 Å². The van der Waals surface area contributed by atoms with Gasteiger partial charge in [0, 0.05) is 27.3 Å². The van der Waals surface area contributed by atoms with E-state index in [9.17, 15) is 4.79 Å². The summed E-state index contributed by atoms with van der Waals surface area (Å²) in [6.07, 6.45) is 0. The maximum absolute atomic E-state index is 12.6. The van der Waals surface area contributed by atoms with Gasteiger partial charge in [-0.25, -0.2) is 4.98 Å². The Morgan fingerprint density at radius 3 is 2.26 bits per heavy atom. The van der Waals surface area contributed by atoms with E-state index in [1.165, 1.54) is 0 Å². The number of rotatable bonds is 6. The number of amides is 1. The molecular weight excluding hydrogens is 408 g/mol. The maximum atomic E-state index is 12.6. The summed E-state index contributed by atoms with van der Waals surface area (Å²) in [5.41, 5.74) is 4.28. The van der Waals surface area contributed by atoms with Gasteiger partial charge >= 0.3 is 0 Å². The Morgan fingerprint density at radius 2 is 1.58 bits per heavy atom. The molecule has 0 saturated carbocycles. The second-order valence-electron chi connectivity index (χ2n) is 6.89. The van der Waals surface area contributed by atoms with Crippen LogP contribution < -0.4 is 14.8 Å². The number of carbonyl (C=O) groups is 1. The van der Waals surface area contributed by atoms with Gasteiger partial charge < -0.3 is 14.8 Å². The molecule has 1 heterocycles. The van der Waals surface area contributed by atoms with E-state index in [4.69, 9.17) is 14.5 Å². The van der Waals surface area contributed by atoms with E-state index in [1.807, 2.05) is 42.5 Å². The van der Waals surface area contributed by atoms with Crippen LogP contribution in [-0.2, 0) is 0 Å². The van der Waals surface area contributed by atoms with E-state index in [1.54, 1.807) is 43.8 Å². The topological polar surface area (TPSA) is 60.5 Å². The molecule has 0 saturated heterocycles. The van der Waals surface area contributed by atoms with Crippen LogP contribution in [0.3, 0.4) is 0 Å². The molecule has 0 unspecified atom stereocenters. The Labute approximate surface area is 185 Å². The van der Waals surface area contributed by atoms with Crippen molar-refractivity contribution in [2.75, 3.05) is 19.5 Å². The first-order valence-corrected chi connectivity index (χ1v) is 10.6. The van der Waals surface area contributed by atoms with E-state index in [2.05, 4.69) is 24.4 Å². The molecule has 4 rings (SSSR count). The predicted octanol–water partition coefficient (Wildman–Crippen LogP) is 6.06. The Kier molecular flexibility index (Phi) is 6.00. The molecule has 0 aliphatic rings. The van der Waals surface area contributed by atoms with Crippen LogP contribution in [0.2, 0.25) is 0 Å². The third-order valence-electron chi connectivity index (χ3n) is 4.88. The van der Waals surface area contributed by atoms with E-state index in [0.29, 0.717) is 22.7 Å². The predicted molar refractivity (Wildman–Crippen MR) is 125 cm³/mol. The lowest BCUT2D eigenvalue weighted by Gasteiger charge is -2.10. The fraction of sp³-hybridized carbons (Fsp3) is 0.120. The second kappa shape index (κ2) is 9.02. The smallest absolute Gasteiger partial charge is 0.255 e. The number of thiazole rings is 1. The van der Waals surface area contributed by atoms with Crippen molar-refractivity contribution in [1.82, 2.24) is 4.98 Å². The highest BCUT2D eigenvalue weighted by Gasteiger charge is 2.13. The van der Waals surface area contributed by atoms with Gasteiger partial charge in [0.2, 0.25) is 0 Å². The molecule has 5 nitrogen and oxygen atoms in total. The Morgan fingerprint density at radius 1 is 0.871 bits per heavy atom. The SMILES string of the molecule is COc1ccc(C(=O)Nc2ccc(-c3nc(-c4ccccc4)sc3C)cc2)cc1OC. The number of hydrogen-bond donors (Lipinski definition) is 1. The number of carbonyl (C=O) groups excluding carboxylic acids is 1. The third-order valence-corrected chi connectivity index (χ3v) is 5.90. The first kappa shape index (κ1) is 20.6. The molecule has 1 N–H and O–H groups in total. The average Bonchev–Trinajstić information content (AvgIpc) is 3.21. The Balaban J connectivity index is 1.51. The van der Waals surface area contributed by atoms with Crippen molar-refractivity contribution in [3.8, 4) is 33.3 Å². The molecule has 3 aromatic carbocycles. The molecule has 31 heavy (non-hydrogen) atoms. The van der Waals surface area contributed by atoms with Gasteiger partial charge in [-0.1, -0.05) is 42.5 Å². The Hall–Kier alpha value is -3.64. The minimum absolute atomic E-state index is 0.218. The summed E-state index contributed by atoms with van der Waals surface area (Å²) in [5, 5.41) is 3.92. The van der Waals surface area contributed by atoms with Crippen LogP contribution in [0.15, 0.2) is 72.8 Å². The number of benzene rings is 3. The van der Waals surface area contributed by atoms with E-state index in [-0.39, 0.29) is 5.91 Å². The first-order chi connectivity index (χ1) is 15.1. The van der Waals surface area contributed by atoms with Gasteiger partial charge in [0.25, 0.3) is 5.91 Å². The molecule has 0 aliphatic heterocycles. The summed E-state index contributed by atoms with van der Waals surface area (Å²) < 4.78 is 10.5. The van der Waals surface area contributed by atoms with E-state index < -0.39 is 0 Å². The fourth-order valence-corrected chi connectivity index (χ4v) is 4.20. The number of nitrogens with zero attached hydrogens (tertiary/aromatic N) is 1. The monoisotopic (exact) mass is 430 g/mol. The van der Waals surface area contributed by atoms with Crippen LogP contribution in [0.4, 0.5) is 5.69 Å². The van der Waals surface area contributed by atoms with Crippen LogP contribution in [-0.4, -0.2) is 25.1 Å². The van der Waals surface area contributed by atoms with E-state index in [0.717, 1.165) is 26.7 Å². The first-order valence-electron chi connectivity index (χ1n) is 9.75. The zero-order chi connectivity index (χ0) is 21.8. The molecule has 0 aliphatic carbocycles.